The first-order valence-electron chi connectivity index (χ1n) is 2.43. The topological polar surface area (TPSA) is 81.3 Å². The number of carboxylic acid groups (broad SMARTS) is 1. The Morgan fingerprint density at radius 2 is 2.20 bits per heavy atom. The molecule has 2 N–H and O–H groups in total. The fraction of sp³-hybridized carbons (Fsp3) is 0.600. The van der Waals surface area contributed by atoms with Crippen molar-refractivity contribution in [1.82, 2.24) is 0 Å². The number of carbonyl (C=O) groups is 1. The molecule has 0 radical (unpaired) electrons. The Bertz CT molecular complexity index is 142. The molecule has 0 aliphatic carbocycles. The van der Waals surface area contributed by atoms with Crippen LogP contribution in [0.2, 0.25) is 0 Å². The van der Waals surface area contributed by atoms with Crippen LogP contribution in [0.4, 0.5) is 0 Å². The van der Waals surface area contributed by atoms with Gasteiger partial charge in [0.1, 0.15) is 0 Å². The van der Waals surface area contributed by atoms with Crippen LogP contribution in [0.15, 0.2) is 0 Å². The van der Waals surface area contributed by atoms with Crippen LogP contribution in [0.25, 0.3) is 0 Å². The van der Waals surface area contributed by atoms with Gasteiger partial charge < -0.3 is 10.2 Å². The molecule has 0 aliphatic heterocycles. The molecule has 0 heterocycles. The van der Waals surface area contributed by atoms with E-state index in [4.69, 9.17) is 15.5 Å². The number of aliphatic carboxylic acids is 1. The van der Waals surface area contributed by atoms with Crippen molar-refractivity contribution in [2.75, 3.05) is 0 Å². The van der Waals surface area contributed by atoms with Crippen LogP contribution in [0.5, 0.6) is 0 Å². The predicted molar refractivity (Wildman–Crippen MR) is 37.0 cm³/mol. The second kappa shape index (κ2) is 7.29. The number of carboxylic acids is 1. The third-order valence-electron chi connectivity index (χ3n) is 0.737. The Kier molecular flexibility index (Phi) is 9.34. The van der Waals surface area contributed by atoms with Gasteiger partial charge in [-0.3, -0.25) is 4.79 Å². The van der Waals surface area contributed by atoms with Gasteiger partial charge in [-0.15, -0.1) is 0 Å². The van der Waals surface area contributed by atoms with Crippen LogP contribution in [0.1, 0.15) is 12.8 Å². The average molecular weight is 171 g/mol. The SMILES string of the molecule is N#CCC(O)CC(=O)O.[CaH2]. The first-order valence-corrected chi connectivity index (χ1v) is 2.43. The molecule has 0 bridgehead atoms. The number of aliphatic hydroxyl groups is 1. The predicted octanol–water partition coefficient (Wildman–Crippen LogP) is -1.18. The van der Waals surface area contributed by atoms with E-state index in [1.807, 2.05) is 0 Å². The molecular weight excluding hydrogens is 162 g/mol. The molecule has 0 saturated heterocycles. The van der Waals surface area contributed by atoms with E-state index in [1.165, 1.54) is 0 Å². The third kappa shape index (κ3) is 8.18. The molecular formula is C5H9CaNO3. The fourth-order valence-corrected chi connectivity index (χ4v) is 0.379. The summed E-state index contributed by atoms with van der Waals surface area (Å²) in [6.45, 7) is 0. The van der Waals surface area contributed by atoms with Crippen molar-refractivity contribution in [1.29, 1.82) is 5.26 Å². The number of hydrogen-bond donors (Lipinski definition) is 2. The van der Waals surface area contributed by atoms with Gasteiger partial charge >= 0.3 is 43.7 Å². The van der Waals surface area contributed by atoms with Gasteiger partial charge in [0.05, 0.1) is 25.0 Å². The standard InChI is InChI=1S/C5H7NO3.Ca.2H/c6-2-1-4(7)3-5(8)9;;;/h4,7H,1,3H2,(H,8,9);;;. The summed E-state index contributed by atoms with van der Waals surface area (Å²) in [5.74, 6) is -1.09. The van der Waals surface area contributed by atoms with Gasteiger partial charge in [-0.2, -0.15) is 5.26 Å². The molecule has 0 fully saturated rings. The van der Waals surface area contributed by atoms with Gasteiger partial charge in [-0.05, 0) is 0 Å². The Morgan fingerprint density at radius 3 is 2.50 bits per heavy atom. The first-order chi connectivity index (χ1) is 4.16. The zero-order valence-corrected chi connectivity index (χ0v) is 4.74. The van der Waals surface area contributed by atoms with Crippen molar-refractivity contribution in [3.05, 3.63) is 0 Å². The number of nitriles is 1. The van der Waals surface area contributed by atoms with Crippen LogP contribution in [-0.4, -0.2) is 60.0 Å². The van der Waals surface area contributed by atoms with Gasteiger partial charge in [-0.1, -0.05) is 0 Å². The van der Waals surface area contributed by atoms with Gasteiger partial charge in [-0.25, -0.2) is 0 Å². The summed E-state index contributed by atoms with van der Waals surface area (Å²) in [6, 6.07) is 1.66. The van der Waals surface area contributed by atoms with Gasteiger partial charge in [0.15, 0.2) is 0 Å². The molecule has 0 amide bonds. The van der Waals surface area contributed by atoms with Gasteiger partial charge in [0.2, 0.25) is 0 Å². The first kappa shape index (κ1) is 12.8. The Balaban J connectivity index is 0. The minimum absolute atomic E-state index is 0. The summed E-state index contributed by atoms with van der Waals surface area (Å²) in [6.07, 6.45) is -1.49. The summed E-state index contributed by atoms with van der Waals surface area (Å²) in [7, 11) is 0. The maximum atomic E-state index is 9.82. The molecule has 0 aliphatic rings. The molecule has 5 heteroatoms. The molecule has 54 valence electrons. The van der Waals surface area contributed by atoms with E-state index in [0.717, 1.165) is 0 Å². The molecule has 0 spiro atoms. The number of aliphatic hydroxyl groups excluding tert-OH is 1. The van der Waals surface area contributed by atoms with Gasteiger partial charge in [0, 0.05) is 0 Å². The fourth-order valence-electron chi connectivity index (χ4n) is 0.379. The van der Waals surface area contributed by atoms with Crippen molar-refractivity contribution < 1.29 is 15.0 Å². The Labute approximate surface area is 88.5 Å². The van der Waals surface area contributed by atoms with E-state index in [9.17, 15) is 4.79 Å². The third-order valence-corrected chi connectivity index (χ3v) is 0.737. The van der Waals surface area contributed by atoms with E-state index in [0.29, 0.717) is 0 Å². The quantitative estimate of drug-likeness (QED) is 0.524. The molecule has 10 heavy (non-hydrogen) atoms. The summed E-state index contributed by atoms with van der Waals surface area (Å²) in [5, 5.41) is 24.6. The second-order valence-corrected chi connectivity index (χ2v) is 1.61. The zero-order valence-electron chi connectivity index (χ0n) is 4.74. The molecule has 0 aromatic carbocycles. The summed E-state index contributed by atoms with van der Waals surface area (Å²) in [5.41, 5.74) is 0. The number of rotatable bonds is 3. The van der Waals surface area contributed by atoms with Crippen LogP contribution < -0.4 is 0 Å². The van der Waals surface area contributed by atoms with Crippen molar-refractivity contribution in [3.8, 4) is 6.07 Å². The Morgan fingerprint density at radius 1 is 1.70 bits per heavy atom. The molecule has 4 nitrogen and oxygen atoms in total. The second-order valence-electron chi connectivity index (χ2n) is 1.61. The van der Waals surface area contributed by atoms with Crippen LogP contribution >= 0.6 is 0 Å². The van der Waals surface area contributed by atoms with Crippen molar-refractivity contribution in [3.63, 3.8) is 0 Å². The maximum absolute atomic E-state index is 9.82. The van der Waals surface area contributed by atoms with E-state index in [-0.39, 0.29) is 50.6 Å². The summed E-state index contributed by atoms with van der Waals surface area (Å²) >= 11 is 0. The van der Waals surface area contributed by atoms with Gasteiger partial charge in [0.25, 0.3) is 0 Å². The van der Waals surface area contributed by atoms with E-state index < -0.39 is 12.1 Å². The minimum atomic E-state index is -1.09. The van der Waals surface area contributed by atoms with Crippen LogP contribution in [-0.2, 0) is 4.79 Å². The van der Waals surface area contributed by atoms with E-state index >= 15 is 0 Å². The summed E-state index contributed by atoms with van der Waals surface area (Å²) < 4.78 is 0. The number of hydrogen-bond acceptors (Lipinski definition) is 3. The van der Waals surface area contributed by atoms with Crippen LogP contribution in [0.3, 0.4) is 0 Å². The van der Waals surface area contributed by atoms with Crippen molar-refractivity contribution >= 4 is 43.7 Å². The molecule has 1 unspecified atom stereocenters. The van der Waals surface area contributed by atoms with E-state index in [1.54, 1.807) is 6.07 Å². The summed E-state index contributed by atoms with van der Waals surface area (Å²) in [4.78, 5) is 9.82. The molecule has 0 aromatic heterocycles. The van der Waals surface area contributed by atoms with Crippen molar-refractivity contribution in [2.24, 2.45) is 0 Å². The normalized spacial score (nSPS) is 10.8. The molecule has 1 atom stereocenters. The molecule has 0 rings (SSSR count). The molecule has 0 saturated carbocycles. The van der Waals surface area contributed by atoms with E-state index in [2.05, 4.69) is 0 Å². The average Bonchev–Trinajstić information content (AvgIpc) is 1.63. The molecule has 0 aromatic rings. The number of nitrogens with zero attached hydrogens (tertiary/aromatic N) is 1. The van der Waals surface area contributed by atoms with Crippen LogP contribution in [0, 0.1) is 11.3 Å². The van der Waals surface area contributed by atoms with Crippen molar-refractivity contribution in [2.45, 2.75) is 18.9 Å². The monoisotopic (exact) mass is 171 g/mol. The zero-order chi connectivity index (χ0) is 7.28. The Hall–Kier alpha value is 0.180.